The van der Waals surface area contributed by atoms with Crippen LogP contribution < -0.4 is 5.73 Å². The van der Waals surface area contributed by atoms with E-state index in [1.54, 1.807) is 12.1 Å². The van der Waals surface area contributed by atoms with Crippen LogP contribution in [0.15, 0.2) is 18.2 Å². The first-order valence-corrected chi connectivity index (χ1v) is 5.27. The van der Waals surface area contributed by atoms with Crippen molar-refractivity contribution >= 4 is 11.6 Å². The van der Waals surface area contributed by atoms with Crippen LogP contribution in [0.2, 0.25) is 5.02 Å². The lowest BCUT2D eigenvalue weighted by molar-refractivity contribution is 0.409. The molecule has 1 aromatic rings. The van der Waals surface area contributed by atoms with Crippen molar-refractivity contribution in [2.24, 2.45) is 5.73 Å². The second-order valence-electron chi connectivity index (χ2n) is 4.02. The fourth-order valence-corrected chi connectivity index (χ4v) is 2.37. The maximum absolute atomic E-state index is 9.75. The van der Waals surface area contributed by atoms with Crippen molar-refractivity contribution in [3.63, 3.8) is 0 Å². The number of nitrogens with two attached hydrogens (primary N) is 1. The molecule has 1 aromatic carbocycles. The first-order valence-electron chi connectivity index (χ1n) is 4.90. The van der Waals surface area contributed by atoms with Crippen molar-refractivity contribution < 1.29 is 5.11 Å². The monoisotopic (exact) mass is 211 g/mol. The Morgan fingerprint density at radius 2 is 1.93 bits per heavy atom. The van der Waals surface area contributed by atoms with Crippen molar-refractivity contribution in [1.29, 1.82) is 0 Å². The molecule has 0 heterocycles. The summed E-state index contributed by atoms with van der Waals surface area (Å²) in [4.78, 5) is 0. The van der Waals surface area contributed by atoms with Crippen LogP contribution in [0.4, 0.5) is 0 Å². The zero-order valence-electron chi connectivity index (χ0n) is 7.96. The third-order valence-electron chi connectivity index (χ3n) is 2.99. The molecule has 0 aliphatic heterocycles. The van der Waals surface area contributed by atoms with E-state index < -0.39 is 0 Å². The predicted octanol–water partition coefficient (Wildman–Crippen LogP) is 2.77. The Balaban J connectivity index is 2.40. The van der Waals surface area contributed by atoms with Gasteiger partial charge in [-0.3, -0.25) is 0 Å². The molecule has 2 rings (SSSR count). The lowest BCUT2D eigenvalue weighted by Crippen LogP contribution is -2.33. The summed E-state index contributed by atoms with van der Waals surface area (Å²) in [6, 6.07) is 5.18. The fraction of sp³-hybridized carbons (Fsp3) is 0.455. The molecule has 1 saturated carbocycles. The second-order valence-corrected chi connectivity index (χ2v) is 4.46. The van der Waals surface area contributed by atoms with E-state index in [1.165, 1.54) is 0 Å². The number of rotatable bonds is 1. The van der Waals surface area contributed by atoms with Gasteiger partial charge < -0.3 is 10.8 Å². The average molecular weight is 212 g/mol. The molecule has 76 valence electrons. The largest absolute Gasteiger partial charge is 0.508 e. The van der Waals surface area contributed by atoms with Gasteiger partial charge in [0, 0.05) is 16.1 Å². The predicted molar refractivity (Wildman–Crippen MR) is 57.5 cm³/mol. The van der Waals surface area contributed by atoms with Crippen LogP contribution >= 0.6 is 11.6 Å². The van der Waals surface area contributed by atoms with Gasteiger partial charge in [-0.05, 0) is 25.0 Å². The van der Waals surface area contributed by atoms with E-state index in [1.807, 2.05) is 6.07 Å². The molecular formula is C11H14ClNO. The van der Waals surface area contributed by atoms with Crippen LogP contribution in [0.5, 0.6) is 5.75 Å². The summed E-state index contributed by atoms with van der Waals surface area (Å²) in [7, 11) is 0. The molecule has 2 nitrogen and oxygen atoms in total. The van der Waals surface area contributed by atoms with Gasteiger partial charge in [0.2, 0.25) is 0 Å². The third-order valence-corrected chi connectivity index (χ3v) is 3.23. The summed E-state index contributed by atoms with van der Waals surface area (Å²) in [6.07, 6.45) is 4.17. The van der Waals surface area contributed by atoms with Gasteiger partial charge in [0.15, 0.2) is 0 Å². The smallest absolute Gasteiger partial charge is 0.122 e. The highest BCUT2D eigenvalue weighted by Gasteiger charge is 2.33. The summed E-state index contributed by atoms with van der Waals surface area (Å²) < 4.78 is 0. The van der Waals surface area contributed by atoms with E-state index in [0.717, 1.165) is 31.2 Å². The molecule has 0 bridgehead atoms. The summed E-state index contributed by atoms with van der Waals surface area (Å²) in [5, 5.41) is 10.3. The number of benzene rings is 1. The van der Waals surface area contributed by atoms with Crippen LogP contribution in [-0.4, -0.2) is 5.11 Å². The van der Waals surface area contributed by atoms with Crippen LogP contribution in [0.25, 0.3) is 0 Å². The minimum absolute atomic E-state index is 0.224. The molecule has 1 fully saturated rings. The molecule has 0 saturated heterocycles. The molecule has 0 aromatic heterocycles. The van der Waals surface area contributed by atoms with Crippen LogP contribution in [0, 0.1) is 0 Å². The highest BCUT2D eigenvalue weighted by molar-refractivity contribution is 6.30. The number of aromatic hydroxyl groups is 1. The minimum atomic E-state index is -0.339. The van der Waals surface area contributed by atoms with Gasteiger partial charge >= 0.3 is 0 Å². The minimum Gasteiger partial charge on any atom is -0.508 e. The zero-order chi connectivity index (χ0) is 10.2. The van der Waals surface area contributed by atoms with E-state index in [-0.39, 0.29) is 11.3 Å². The molecule has 1 aliphatic rings. The molecule has 0 unspecified atom stereocenters. The number of hydrogen-bond donors (Lipinski definition) is 2. The molecule has 0 atom stereocenters. The lowest BCUT2D eigenvalue weighted by atomic mass is 9.89. The van der Waals surface area contributed by atoms with Crippen LogP contribution in [-0.2, 0) is 5.54 Å². The first kappa shape index (κ1) is 9.81. The normalized spacial score (nSPS) is 19.9. The summed E-state index contributed by atoms with van der Waals surface area (Å²) in [5.41, 5.74) is 6.72. The SMILES string of the molecule is NC1(c2ccc(Cl)cc2O)CCCC1. The van der Waals surface area contributed by atoms with Crippen molar-refractivity contribution in [2.45, 2.75) is 31.2 Å². The molecule has 0 radical (unpaired) electrons. The summed E-state index contributed by atoms with van der Waals surface area (Å²) in [6.45, 7) is 0. The zero-order valence-corrected chi connectivity index (χ0v) is 8.72. The Bertz CT molecular complexity index is 345. The fourth-order valence-electron chi connectivity index (χ4n) is 2.20. The molecule has 14 heavy (non-hydrogen) atoms. The number of phenols is 1. The molecule has 1 aliphatic carbocycles. The average Bonchev–Trinajstić information content (AvgIpc) is 2.52. The Hall–Kier alpha value is -0.730. The van der Waals surface area contributed by atoms with Gasteiger partial charge in [-0.25, -0.2) is 0 Å². The van der Waals surface area contributed by atoms with Gasteiger partial charge in [-0.2, -0.15) is 0 Å². The maximum atomic E-state index is 9.75. The second kappa shape index (κ2) is 3.44. The Labute approximate surface area is 88.7 Å². The van der Waals surface area contributed by atoms with Gasteiger partial charge in [0.25, 0.3) is 0 Å². The van der Waals surface area contributed by atoms with E-state index in [4.69, 9.17) is 17.3 Å². The number of phenolic OH excluding ortho intramolecular Hbond substituents is 1. The van der Waals surface area contributed by atoms with Gasteiger partial charge in [0.05, 0.1) is 0 Å². The van der Waals surface area contributed by atoms with Crippen LogP contribution in [0.3, 0.4) is 0 Å². The molecular weight excluding hydrogens is 198 g/mol. The summed E-state index contributed by atoms with van der Waals surface area (Å²) in [5.74, 6) is 0.224. The quantitative estimate of drug-likeness (QED) is 0.751. The Kier molecular flexibility index (Phi) is 2.41. The van der Waals surface area contributed by atoms with E-state index >= 15 is 0 Å². The summed E-state index contributed by atoms with van der Waals surface area (Å²) >= 11 is 5.77. The highest BCUT2D eigenvalue weighted by atomic mass is 35.5. The lowest BCUT2D eigenvalue weighted by Gasteiger charge is -2.25. The standard InChI is InChI=1S/C11H14ClNO/c12-8-3-4-9(10(14)7-8)11(13)5-1-2-6-11/h3-4,7,14H,1-2,5-6,13H2. The van der Waals surface area contributed by atoms with Crippen molar-refractivity contribution in [2.75, 3.05) is 0 Å². The van der Waals surface area contributed by atoms with E-state index in [9.17, 15) is 5.11 Å². The molecule has 0 amide bonds. The Morgan fingerprint density at radius 3 is 2.50 bits per heavy atom. The van der Waals surface area contributed by atoms with Crippen molar-refractivity contribution in [3.8, 4) is 5.75 Å². The van der Waals surface area contributed by atoms with E-state index in [2.05, 4.69) is 0 Å². The van der Waals surface area contributed by atoms with Crippen molar-refractivity contribution in [1.82, 2.24) is 0 Å². The van der Waals surface area contributed by atoms with Gasteiger partial charge in [0.1, 0.15) is 5.75 Å². The third kappa shape index (κ3) is 1.60. The maximum Gasteiger partial charge on any atom is 0.122 e. The highest BCUT2D eigenvalue weighted by Crippen LogP contribution is 2.40. The van der Waals surface area contributed by atoms with Gasteiger partial charge in [-0.1, -0.05) is 30.5 Å². The van der Waals surface area contributed by atoms with Gasteiger partial charge in [-0.15, -0.1) is 0 Å². The first-order chi connectivity index (χ1) is 6.62. The molecule has 3 N–H and O–H groups in total. The molecule has 3 heteroatoms. The van der Waals surface area contributed by atoms with Crippen LogP contribution in [0.1, 0.15) is 31.2 Å². The van der Waals surface area contributed by atoms with Crippen molar-refractivity contribution in [3.05, 3.63) is 28.8 Å². The number of hydrogen-bond acceptors (Lipinski definition) is 2. The van der Waals surface area contributed by atoms with E-state index in [0.29, 0.717) is 5.02 Å². The Morgan fingerprint density at radius 1 is 1.29 bits per heavy atom. The molecule has 0 spiro atoms. The number of halogens is 1. The topological polar surface area (TPSA) is 46.2 Å².